The molecule has 12 heteroatoms. The van der Waals surface area contributed by atoms with Gasteiger partial charge < -0.3 is 38.4 Å². The maximum Gasteiger partial charge on any atom is 0.408 e. The van der Waals surface area contributed by atoms with Gasteiger partial charge in [-0.25, -0.2) is 19.2 Å². The van der Waals surface area contributed by atoms with Crippen LogP contribution in [0, 0.1) is 0 Å². The first-order chi connectivity index (χ1) is 20.8. The van der Waals surface area contributed by atoms with Crippen LogP contribution in [0.25, 0.3) is 0 Å². The van der Waals surface area contributed by atoms with E-state index in [4.69, 9.17) is 13.9 Å². The molecule has 12 nitrogen and oxygen atoms in total. The molecule has 2 unspecified atom stereocenters. The van der Waals surface area contributed by atoms with Crippen LogP contribution in [0.1, 0.15) is 29.9 Å². The van der Waals surface area contributed by atoms with Crippen molar-refractivity contribution < 1.29 is 47.0 Å². The average Bonchev–Trinajstić information content (AvgIpc) is 3.80. The molecular formula is C31H34N2O10. The minimum atomic E-state index is -1.03. The Bertz CT molecular complexity index is 1310. The summed E-state index contributed by atoms with van der Waals surface area (Å²) in [5, 5.41) is 4.78. The third kappa shape index (κ3) is 13.6. The zero-order valence-corrected chi connectivity index (χ0v) is 24.0. The first kappa shape index (κ1) is 33.7. The lowest BCUT2D eigenvalue weighted by Gasteiger charge is -2.14. The summed E-state index contributed by atoms with van der Waals surface area (Å²) in [5.74, 6) is -0.873. The highest BCUT2D eigenvalue weighted by Gasteiger charge is 2.26. The first-order valence-electron chi connectivity index (χ1n) is 12.9. The predicted molar refractivity (Wildman–Crippen MR) is 153 cm³/mol. The smallest absolute Gasteiger partial charge is 0.408 e. The quantitative estimate of drug-likeness (QED) is 0.196. The van der Waals surface area contributed by atoms with Crippen molar-refractivity contribution in [3.05, 3.63) is 121 Å². The SMILES string of the molecule is COC(=O)C(C)NC(=O)OCc1ccccc1.COC(=O)C(NC(=O)OCc1ccccc1)c1ccco1.c1ccoc1. The fourth-order valence-corrected chi connectivity index (χ4v) is 3.11. The molecule has 0 radical (unpaired) electrons. The number of hydrogen-bond acceptors (Lipinski definition) is 10. The largest absolute Gasteiger partial charge is 0.473 e. The molecule has 43 heavy (non-hydrogen) atoms. The molecule has 4 rings (SSSR count). The minimum Gasteiger partial charge on any atom is -0.473 e. The van der Waals surface area contributed by atoms with Crippen LogP contribution in [0.2, 0.25) is 0 Å². The van der Waals surface area contributed by atoms with Gasteiger partial charge in [-0.2, -0.15) is 0 Å². The summed E-state index contributed by atoms with van der Waals surface area (Å²) in [6.45, 7) is 1.80. The summed E-state index contributed by atoms with van der Waals surface area (Å²) in [6.07, 6.45) is 3.28. The molecule has 2 aromatic carbocycles. The van der Waals surface area contributed by atoms with Crippen molar-refractivity contribution >= 4 is 24.1 Å². The van der Waals surface area contributed by atoms with Gasteiger partial charge in [0.2, 0.25) is 0 Å². The van der Waals surface area contributed by atoms with Crippen molar-refractivity contribution in [2.24, 2.45) is 0 Å². The highest BCUT2D eigenvalue weighted by Crippen LogP contribution is 2.15. The van der Waals surface area contributed by atoms with Gasteiger partial charge in [0.15, 0.2) is 6.04 Å². The van der Waals surface area contributed by atoms with Crippen LogP contribution in [0.3, 0.4) is 0 Å². The highest BCUT2D eigenvalue weighted by atomic mass is 16.6. The number of methoxy groups -OCH3 is 2. The number of amides is 2. The molecule has 0 spiro atoms. The Morgan fingerprint density at radius 3 is 1.58 bits per heavy atom. The third-order valence-corrected chi connectivity index (χ3v) is 5.27. The second kappa shape index (κ2) is 19.5. The molecular weight excluding hydrogens is 560 g/mol. The van der Waals surface area contributed by atoms with E-state index in [1.54, 1.807) is 24.7 Å². The van der Waals surface area contributed by atoms with Crippen LogP contribution in [-0.2, 0) is 41.8 Å². The van der Waals surface area contributed by atoms with E-state index in [-0.39, 0.29) is 19.0 Å². The molecule has 0 bridgehead atoms. The number of hydrogen-bond donors (Lipinski definition) is 2. The van der Waals surface area contributed by atoms with Gasteiger partial charge in [0.25, 0.3) is 0 Å². The highest BCUT2D eigenvalue weighted by molar-refractivity contribution is 5.82. The Balaban J connectivity index is 0.000000262. The topological polar surface area (TPSA) is 156 Å². The molecule has 4 aromatic rings. The maximum atomic E-state index is 11.8. The summed E-state index contributed by atoms with van der Waals surface area (Å²) < 4.78 is 28.8. The Labute approximate surface area is 248 Å². The molecule has 228 valence electrons. The summed E-state index contributed by atoms with van der Waals surface area (Å²) in [7, 11) is 2.49. The number of carbonyl (C=O) groups excluding carboxylic acids is 4. The van der Waals surface area contributed by atoms with E-state index in [1.807, 2.05) is 72.8 Å². The lowest BCUT2D eigenvalue weighted by atomic mass is 10.2. The molecule has 0 aliphatic heterocycles. The van der Waals surface area contributed by atoms with E-state index in [1.165, 1.54) is 27.4 Å². The molecule has 2 heterocycles. The Morgan fingerprint density at radius 1 is 0.651 bits per heavy atom. The van der Waals surface area contributed by atoms with Crippen molar-refractivity contribution in [2.75, 3.05) is 14.2 Å². The molecule has 2 atom stereocenters. The zero-order valence-electron chi connectivity index (χ0n) is 24.0. The number of alkyl carbamates (subject to hydrolysis) is 2. The second-order valence-corrected chi connectivity index (χ2v) is 8.42. The summed E-state index contributed by atoms with van der Waals surface area (Å²) in [4.78, 5) is 45.8. The fraction of sp³-hybridized carbons (Fsp3) is 0.226. The predicted octanol–water partition coefficient (Wildman–Crippen LogP) is 5.17. The summed E-state index contributed by atoms with van der Waals surface area (Å²) in [5.41, 5.74) is 1.73. The molecule has 2 N–H and O–H groups in total. The van der Waals surface area contributed by atoms with Crippen LogP contribution < -0.4 is 10.6 Å². The van der Waals surface area contributed by atoms with Gasteiger partial charge in [-0.05, 0) is 42.3 Å². The van der Waals surface area contributed by atoms with E-state index in [9.17, 15) is 19.2 Å². The van der Waals surface area contributed by atoms with Crippen LogP contribution in [-0.4, -0.2) is 44.4 Å². The molecule has 0 saturated heterocycles. The molecule has 2 amide bonds. The Morgan fingerprint density at radius 2 is 1.16 bits per heavy atom. The van der Waals surface area contributed by atoms with Gasteiger partial charge >= 0.3 is 24.1 Å². The van der Waals surface area contributed by atoms with E-state index < -0.39 is 36.2 Å². The molecule has 0 fully saturated rings. The van der Waals surface area contributed by atoms with Crippen LogP contribution in [0.4, 0.5) is 9.59 Å². The lowest BCUT2D eigenvalue weighted by molar-refractivity contribution is -0.144. The zero-order chi connectivity index (χ0) is 31.3. The number of furan rings is 2. The standard InChI is InChI=1S/C15H15NO5.C12H15NO4.C4H4O/c1-19-14(17)13(12-8-5-9-20-12)16-15(18)21-10-11-6-3-2-4-7-11;1-9(11(14)16-2)13-12(15)17-8-10-6-4-3-5-7-10;1-2-4-5-3-1/h2-9,13H,10H2,1H3,(H,16,18);3-7,9H,8H2,1-2H3,(H,13,15);1-4H. The van der Waals surface area contributed by atoms with Gasteiger partial charge in [-0.3, -0.25) is 0 Å². The van der Waals surface area contributed by atoms with Crippen molar-refractivity contribution in [3.63, 3.8) is 0 Å². The number of rotatable bonds is 9. The summed E-state index contributed by atoms with van der Waals surface area (Å²) >= 11 is 0. The average molecular weight is 595 g/mol. The maximum absolute atomic E-state index is 11.8. The van der Waals surface area contributed by atoms with Gasteiger partial charge in [0, 0.05) is 0 Å². The lowest BCUT2D eigenvalue weighted by Crippen LogP contribution is -2.39. The fourth-order valence-electron chi connectivity index (χ4n) is 3.11. The van der Waals surface area contributed by atoms with Crippen molar-refractivity contribution in [1.29, 1.82) is 0 Å². The van der Waals surface area contributed by atoms with Gasteiger partial charge in [0.05, 0.1) is 33.0 Å². The number of benzene rings is 2. The van der Waals surface area contributed by atoms with Crippen molar-refractivity contribution in [2.45, 2.75) is 32.2 Å². The Hall–Kier alpha value is -5.52. The normalized spacial score (nSPS) is 11.0. The van der Waals surface area contributed by atoms with Crippen molar-refractivity contribution in [1.82, 2.24) is 10.6 Å². The number of carbonyl (C=O) groups is 4. The minimum absolute atomic E-state index is 0.110. The van der Waals surface area contributed by atoms with E-state index in [0.29, 0.717) is 0 Å². The molecule has 0 aliphatic carbocycles. The van der Waals surface area contributed by atoms with Crippen molar-refractivity contribution in [3.8, 4) is 0 Å². The number of nitrogens with one attached hydrogen (secondary N) is 2. The van der Waals surface area contributed by atoms with E-state index in [0.717, 1.165) is 11.1 Å². The Kier molecular flexibility index (Phi) is 15.3. The molecule has 0 saturated carbocycles. The monoisotopic (exact) mass is 594 g/mol. The van der Waals surface area contributed by atoms with Gasteiger partial charge in [-0.15, -0.1) is 0 Å². The molecule has 2 aromatic heterocycles. The van der Waals surface area contributed by atoms with Crippen LogP contribution in [0.15, 0.2) is 113 Å². The number of esters is 2. The molecule has 0 aliphatic rings. The second-order valence-electron chi connectivity index (χ2n) is 8.42. The van der Waals surface area contributed by atoms with Crippen LogP contribution >= 0.6 is 0 Å². The number of ether oxygens (including phenoxy) is 4. The third-order valence-electron chi connectivity index (χ3n) is 5.27. The van der Waals surface area contributed by atoms with E-state index >= 15 is 0 Å². The van der Waals surface area contributed by atoms with Gasteiger partial charge in [0.1, 0.15) is 25.0 Å². The van der Waals surface area contributed by atoms with Gasteiger partial charge in [-0.1, -0.05) is 60.7 Å². The van der Waals surface area contributed by atoms with Crippen LogP contribution in [0.5, 0.6) is 0 Å². The first-order valence-corrected chi connectivity index (χ1v) is 12.9. The summed E-state index contributed by atoms with van der Waals surface area (Å²) in [6, 6.07) is 23.6. The van der Waals surface area contributed by atoms with E-state index in [2.05, 4.69) is 24.5 Å².